The molecule has 8 heteroatoms. The molecule has 186 valence electrons. The Hall–Kier alpha value is -3.39. The number of fused-ring (bicyclic) bond motifs is 3. The molecule has 2 aliphatic rings. The highest BCUT2D eigenvalue weighted by Crippen LogP contribution is 2.44. The Bertz CT molecular complexity index is 1040. The predicted octanol–water partition coefficient (Wildman–Crippen LogP) is 3.38. The van der Waals surface area contributed by atoms with E-state index in [2.05, 4.69) is 29.6 Å². The first-order valence-corrected chi connectivity index (χ1v) is 12.2. The number of aliphatic hydroxyl groups excluding tert-OH is 1. The van der Waals surface area contributed by atoms with Crippen molar-refractivity contribution in [1.29, 1.82) is 0 Å². The Balaban J connectivity index is 1.36. The molecule has 2 amide bonds. The zero-order chi connectivity index (χ0) is 24.9. The Kier molecular flexibility index (Phi) is 7.70. The van der Waals surface area contributed by atoms with E-state index >= 15 is 0 Å². The molecule has 3 N–H and O–H groups in total. The lowest BCUT2D eigenvalue weighted by Crippen LogP contribution is -2.50. The number of ether oxygens (including phenoxy) is 1. The molecule has 4 rings (SSSR count). The van der Waals surface area contributed by atoms with E-state index in [0.29, 0.717) is 6.42 Å². The number of hydrogen-bond acceptors (Lipinski definition) is 5. The number of rotatable bonds is 8. The topological polar surface area (TPSA) is 116 Å². The highest BCUT2D eigenvalue weighted by Gasteiger charge is 2.34. The number of carbonyl (C=O) groups is 3. The van der Waals surface area contributed by atoms with Gasteiger partial charge in [0, 0.05) is 31.5 Å². The van der Waals surface area contributed by atoms with Gasteiger partial charge in [0.25, 0.3) is 0 Å². The van der Waals surface area contributed by atoms with E-state index < -0.39 is 30.1 Å². The zero-order valence-corrected chi connectivity index (χ0v) is 19.9. The molecule has 0 radical (unpaired) electrons. The van der Waals surface area contributed by atoms with Crippen LogP contribution in [0, 0.1) is 5.92 Å². The number of carboxylic acid groups (broad SMARTS) is 1. The summed E-state index contributed by atoms with van der Waals surface area (Å²) in [6.07, 6.45) is 0.0391. The third-order valence-corrected chi connectivity index (χ3v) is 6.85. The average molecular weight is 481 g/mol. The van der Waals surface area contributed by atoms with Gasteiger partial charge in [-0.15, -0.1) is 0 Å². The van der Waals surface area contributed by atoms with Crippen molar-refractivity contribution >= 4 is 18.0 Å². The van der Waals surface area contributed by atoms with Crippen LogP contribution in [0.3, 0.4) is 0 Å². The smallest absolute Gasteiger partial charge is 0.407 e. The van der Waals surface area contributed by atoms with Crippen LogP contribution < -0.4 is 5.32 Å². The van der Waals surface area contributed by atoms with Gasteiger partial charge in [-0.3, -0.25) is 9.59 Å². The normalized spacial score (nSPS) is 20.0. The van der Waals surface area contributed by atoms with Gasteiger partial charge in [0.1, 0.15) is 6.61 Å². The Morgan fingerprint density at radius 2 is 1.69 bits per heavy atom. The van der Waals surface area contributed by atoms with Crippen LogP contribution in [0.25, 0.3) is 11.1 Å². The van der Waals surface area contributed by atoms with E-state index in [1.807, 2.05) is 31.2 Å². The summed E-state index contributed by atoms with van der Waals surface area (Å²) in [6.45, 7) is 2.31. The van der Waals surface area contributed by atoms with Crippen LogP contribution in [0.4, 0.5) is 4.79 Å². The summed E-state index contributed by atoms with van der Waals surface area (Å²) in [7, 11) is 0. The molecule has 1 aliphatic carbocycles. The van der Waals surface area contributed by atoms with E-state index in [-0.39, 0.29) is 44.4 Å². The standard InChI is InChI=1S/C27H32N2O6/c1-2-7-18(13-25(31)29-14-17(26(32)33)12-19(30)15-29)28-27(34)35-16-24-22-10-5-3-8-20(22)21-9-4-6-11-23(21)24/h3-6,8-11,17-19,24,30H,2,7,12-16H2,1H3,(H,28,34)(H,32,33)/t17?,18-,19?/m0/s1. The maximum absolute atomic E-state index is 12.8. The van der Waals surface area contributed by atoms with Gasteiger partial charge in [-0.1, -0.05) is 61.9 Å². The number of β-amino-alcohol motifs (C(OH)–C–C–N with tert-alkyl or cyclic N) is 1. The number of benzene rings is 2. The third kappa shape index (κ3) is 5.65. The lowest BCUT2D eigenvalue weighted by atomic mass is 9.95. The molecule has 1 fully saturated rings. The first-order valence-electron chi connectivity index (χ1n) is 12.2. The van der Waals surface area contributed by atoms with Gasteiger partial charge in [0.15, 0.2) is 0 Å². The van der Waals surface area contributed by atoms with Crippen LogP contribution in [0.2, 0.25) is 0 Å². The summed E-state index contributed by atoms with van der Waals surface area (Å²) >= 11 is 0. The van der Waals surface area contributed by atoms with Crippen LogP contribution in [-0.2, 0) is 14.3 Å². The van der Waals surface area contributed by atoms with Crippen molar-refractivity contribution in [2.75, 3.05) is 19.7 Å². The number of hydrogen-bond donors (Lipinski definition) is 3. The van der Waals surface area contributed by atoms with E-state index in [0.717, 1.165) is 28.7 Å². The van der Waals surface area contributed by atoms with Crippen molar-refractivity contribution in [3.8, 4) is 11.1 Å². The highest BCUT2D eigenvalue weighted by molar-refractivity contribution is 5.80. The molecule has 1 aliphatic heterocycles. The van der Waals surface area contributed by atoms with Crippen LogP contribution in [0.1, 0.15) is 49.7 Å². The molecule has 0 spiro atoms. The summed E-state index contributed by atoms with van der Waals surface area (Å²) in [5.41, 5.74) is 4.54. The van der Waals surface area contributed by atoms with Crippen LogP contribution in [0.5, 0.6) is 0 Å². The van der Waals surface area contributed by atoms with Crippen LogP contribution in [0.15, 0.2) is 48.5 Å². The number of nitrogens with zero attached hydrogens (tertiary/aromatic N) is 1. The summed E-state index contributed by atoms with van der Waals surface area (Å²) < 4.78 is 5.62. The second-order valence-corrected chi connectivity index (χ2v) is 9.38. The van der Waals surface area contributed by atoms with Gasteiger partial charge >= 0.3 is 12.1 Å². The molecule has 1 saturated heterocycles. The van der Waals surface area contributed by atoms with Gasteiger partial charge in [0.05, 0.1) is 12.0 Å². The largest absolute Gasteiger partial charge is 0.481 e. The van der Waals surface area contributed by atoms with Gasteiger partial charge < -0.3 is 25.2 Å². The van der Waals surface area contributed by atoms with E-state index in [1.165, 1.54) is 4.90 Å². The van der Waals surface area contributed by atoms with E-state index in [9.17, 15) is 24.6 Å². The minimum atomic E-state index is -1.02. The Morgan fingerprint density at radius 3 is 2.29 bits per heavy atom. The number of aliphatic hydroxyl groups is 1. The second kappa shape index (κ2) is 10.9. The monoisotopic (exact) mass is 480 g/mol. The van der Waals surface area contributed by atoms with Crippen molar-refractivity contribution in [2.24, 2.45) is 5.92 Å². The molecule has 2 unspecified atom stereocenters. The molecular formula is C27H32N2O6. The summed E-state index contributed by atoms with van der Waals surface area (Å²) in [5.74, 6) is -2.15. The quantitative estimate of drug-likeness (QED) is 0.533. The number of alkyl carbamates (subject to hydrolysis) is 1. The molecule has 1 heterocycles. The molecule has 0 aromatic heterocycles. The minimum Gasteiger partial charge on any atom is -0.481 e. The van der Waals surface area contributed by atoms with Gasteiger partial charge in [-0.2, -0.15) is 0 Å². The molecule has 0 bridgehead atoms. The lowest BCUT2D eigenvalue weighted by molar-refractivity contribution is -0.148. The summed E-state index contributed by atoms with van der Waals surface area (Å²) in [5, 5.41) is 22.1. The fourth-order valence-corrected chi connectivity index (χ4v) is 5.18. The number of likely N-dealkylation sites (tertiary alicyclic amines) is 1. The van der Waals surface area contributed by atoms with Crippen molar-refractivity contribution < 1.29 is 29.3 Å². The number of aliphatic carboxylic acids is 1. The number of piperidine rings is 1. The Labute approximate surface area is 204 Å². The van der Waals surface area contributed by atoms with Crippen molar-refractivity contribution in [1.82, 2.24) is 10.2 Å². The molecule has 3 atom stereocenters. The summed E-state index contributed by atoms with van der Waals surface area (Å²) in [4.78, 5) is 38.3. The predicted molar refractivity (Wildman–Crippen MR) is 130 cm³/mol. The third-order valence-electron chi connectivity index (χ3n) is 6.85. The van der Waals surface area contributed by atoms with Crippen molar-refractivity contribution in [3.05, 3.63) is 59.7 Å². The second-order valence-electron chi connectivity index (χ2n) is 9.38. The average Bonchev–Trinajstić information content (AvgIpc) is 3.16. The molecule has 0 saturated carbocycles. The van der Waals surface area contributed by atoms with E-state index in [1.54, 1.807) is 0 Å². The highest BCUT2D eigenvalue weighted by atomic mass is 16.5. The van der Waals surface area contributed by atoms with Gasteiger partial charge in [0.2, 0.25) is 5.91 Å². The lowest BCUT2D eigenvalue weighted by Gasteiger charge is -2.34. The fraction of sp³-hybridized carbons (Fsp3) is 0.444. The number of carbonyl (C=O) groups excluding carboxylic acids is 2. The maximum atomic E-state index is 12.8. The summed E-state index contributed by atoms with van der Waals surface area (Å²) in [6, 6.07) is 15.8. The molecule has 8 nitrogen and oxygen atoms in total. The number of carboxylic acids is 1. The maximum Gasteiger partial charge on any atom is 0.407 e. The molecule has 2 aromatic rings. The minimum absolute atomic E-state index is 0.0249. The van der Waals surface area contributed by atoms with Crippen molar-refractivity contribution in [3.63, 3.8) is 0 Å². The fourth-order valence-electron chi connectivity index (χ4n) is 5.18. The molecular weight excluding hydrogens is 448 g/mol. The van der Waals surface area contributed by atoms with Gasteiger partial charge in [-0.05, 0) is 35.1 Å². The first-order chi connectivity index (χ1) is 16.9. The first kappa shape index (κ1) is 24.7. The van der Waals surface area contributed by atoms with Crippen LogP contribution in [-0.4, -0.2) is 64.9 Å². The van der Waals surface area contributed by atoms with Gasteiger partial charge in [-0.25, -0.2) is 4.79 Å². The molecule has 2 aromatic carbocycles. The van der Waals surface area contributed by atoms with E-state index in [4.69, 9.17) is 4.74 Å². The Morgan fingerprint density at radius 1 is 1.06 bits per heavy atom. The van der Waals surface area contributed by atoms with Crippen LogP contribution >= 0.6 is 0 Å². The number of amides is 2. The molecule has 35 heavy (non-hydrogen) atoms. The van der Waals surface area contributed by atoms with Crippen molar-refractivity contribution in [2.45, 2.75) is 50.7 Å². The zero-order valence-electron chi connectivity index (χ0n) is 19.9. The SMILES string of the molecule is CCC[C@@H](CC(=O)N1CC(O)CC(C(=O)O)C1)NC(=O)OCC1c2ccccc2-c2ccccc21. The number of nitrogens with one attached hydrogen (secondary N) is 1.